The van der Waals surface area contributed by atoms with Crippen molar-refractivity contribution >= 4 is 5.96 Å². The summed E-state index contributed by atoms with van der Waals surface area (Å²) >= 11 is 0. The maximum atomic E-state index is 13.8. The van der Waals surface area contributed by atoms with Crippen molar-refractivity contribution in [3.8, 4) is 5.75 Å². The van der Waals surface area contributed by atoms with Gasteiger partial charge in [-0.25, -0.2) is 4.39 Å². The van der Waals surface area contributed by atoms with Gasteiger partial charge in [-0.15, -0.1) is 0 Å². The third-order valence-electron chi connectivity index (χ3n) is 4.36. The summed E-state index contributed by atoms with van der Waals surface area (Å²) in [6.07, 6.45) is 3.72. The fourth-order valence-electron chi connectivity index (χ4n) is 2.86. The average molecular weight is 381 g/mol. The normalized spacial score (nSPS) is 11.3. The van der Waals surface area contributed by atoms with Gasteiger partial charge in [0, 0.05) is 32.5 Å². The molecule has 0 spiro atoms. The van der Waals surface area contributed by atoms with Crippen LogP contribution >= 0.6 is 0 Å². The molecule has 0 unspecified atom stereocenters. The van der Waals surface area contributed by atoms with E-state index in [2.05, 4.69) is 32.9 Å². The molecule has 0 aliphatic rings. The highest BCUT2D eigenvalue weighted by Gasteiger charge is 2.06. The van der Waals surface area contributed by atoms with Crippen molar-refractivity contribution in [1.82, 2.24) is 20.4 Å². The number of nitrogens with one attached hydrogen (secondary N) is 2. The van der Waals surface area contributed by atoms with E-state index in [0.717, 1.165) is 11.1 Å². The van der Waals surface area contributed by atoms with Gasteiger partial charge >= 0.3 is 0 Å². The summed E-state index contributed by atoms with van der Waals surface area (Å²) in [5.74, 6) is 0.502. The van der Waals surface area contributed by atoms with Crippen molar-refractivity contribution in [3.63, 3.8) is 0 Å². The number of guanidine groups is 1. The predicted octanol–water partition coefficient (Wildman–Crippen LogP) is 2.94. The highest BCUT2D eigenvalue weighted by atomic mass is 19.1. The molecule has 0 bridgehead atoms. The van der Waals surface area contributed by atoms with Gasteiger partial charge < -0.3 is 15.4 Å². The van der Waals surface area contributed by atoms with Crippen molar-refractivity contribution in [2.75, 3.05) is 14.2 Å². The van der Waals surface area contributed by atoms with Crippen LogP contribution in [0.25, 0.3) is 0 Å². The number of aromatic nitrogens is 2. The van der Waals surface area contributed by atoms with Crippen LogP contribution in [0.3, 0.4) is 0 Å². The Morgan fingerprint density at radius 1 is 1.11 bits per heavy atom. The van der Waals surface area contributed by atoms with Crippen LogP contribution in [0, 0.1) is 5.82 Å². The molecule has 6 nitrogen and oxygen atoms in total. The fourth-order valence-corrected chi connectivity index (χ4v) is 2.86. The second-order valence-electron chi connectivity index (χ2n) is 6.22. The van der Waals surface area contributed by atoms with Crippen LogP contribution in [0.4, 0.5) is 4.39 Å². The molecular formula is C21H24FN5O. The van der Waals surface area contributed by atoms with Gasteiger partial charge in [0.25, 0.3) is 0 Å². The van der Waals surface area contributed by atoms with Gasteiger partial charge in [-0.2, -0.15) is 5.10 Å². The molecule has 0 amide bonds. The third-order valence-corrected chi connectivity index (χ3v) is 4.36. The summed E-state index contributed by atoms with van der Waals surface area (Å²) in [5.41, 5.74) is 3.16. The van der Waals surface area contributed by atoms with Crippen LogP contribution in [-0.2, 0) is 19.6 Å². The Morgan fingerprint density at radius 3 is 2.57 bits per heavy atom. The largest absolute Gasteiger partial charge is 0.494 e. The number of rotatable bonds is 7. The molecule has 2 aromatic carbocycles. The number of methoxy groups -OCH3 is 1. The van der Waals surface area contributed by atoms with Crippen LogP contribution < -0.4 is 15.4 Å². The lowest BCUT2D eigenvalue weighted by Gasteiger charge is -2.15. The number of hydrogen-bond donors (Lipinski definition) is 2. The molecule has 7 heteroatoms. The van der Waals surface area contributed by atoms with E-state index in [0.29, 0.717) is 25.6 Å². The van der Waals surface area contributed by atoms with E-state index in [4.69, 9.17) is 4.74 Å². The Hall–Kier alpha value is -3.35. The van der Waals surface area contributed by atoms with Crippen LogP contribution in [0.1, 0.15) is 16.7 Å². The minimum absolute atomic E-state index is 0.236. The summed E-state index contributed by atoms with van der Waals surface area (Å²) < 4.78 is 20.7. The number of nitrogens with zero attached hydrogens (tertiary/aromatic N) is 3. The van der Waals surface area contributed by atoms with Gasteiger partial charge in [0.2, 0.25) is 0 Å². The highest BCUT2D eigenvalue weighted by molar-refractivity contribution is 5.79. The van der Waals surface area contributed by atoms with Crippen LogP contribution in [-0.4, -0.2) is 29.9 Å². The van der Waals surface area contributed by atoms with Gasteiger partial charge in [-0.1, -0.05) is 30.3 Å². The number of ether oxygens (including phenoxy) is 1. The number of aliphatic imine (C=N–C) groups is 1. The van der Waals surface area contributed by atoms with Crippen molar-refractivity contribution in [3.05, 3.63) is 83.4 Å². The zero-order valence-corrected chi connectivity index (χ0v) is 16.0. The third kappa shape index (κ3) is 5.09. The predicted molar refractivity (Wildman–Crippen MR) is 108 cm³/mol. The lowest BCUT2D eigenvalue weighted by molar-refractivity contribution is 0.386. The summed E-state index contributed by atoms with van der Waals surface area (Å²) in [6, 6.07) is 15.0. The van der Waals surface area contributed by atoms with Gasteiger partial charge in [0.05, 0.1) is 13.7 Å². The first-order valence-electron chi connectivity index (χ1n) is 9.00. The maximum absolute atomic E-state index is 13.8. The lowest BCUT2D eigenvalue weighted by Crippen LogP contribution is -2.36. The first-order valence-corrected chi connectivity index (χ1v) is 9.00. The molecule has 0 atom stereocenters. The van der Waals surface area contributed by atoms with E-state index in [1.807, 2.05) is 35.1 Å². The Bertz CT molecular complexity index is 924. The first-order chi connectivity index (χ1) is 13.7. The number of halogens is 1. The molecule has 28 heavy (non-hydrogen) atoms. The van der Waals surface area contributed by atoms with E-state index in [9.17, 15) is 4.39 Å². The van der Waals surface area contributed by atoms with Gasteiger partial charge in [-0.05, 0) is 34.9 Å². The quantitative estimate of drug-likeness (QED) is 0.488. The van der Waals surface area contributed by atoms with E-state index in [1.165, 1.54) is 18.7 Å². The standard InChI is InChI=1S/C21H24FN5O/c1-23-21(24-13-16-8-9-20(28-2)19(22)12-16)25-14-17-6-3-4-7-18(17)15-27-11-5-10-26-27/h3-12H,13-15H2,1-2H3,(H2,23,24,25). The monoisotopic (exact) mass is 381 g/mol. The molecule has 0 radical (unpaired) electrons. The Morgan fingerprint density at radius 2 is 1.89 bits per heavy atom. The van der Waals surface area contributed by atoms with Crippen molar-refractivity contribution in [2.45, 2.75) is 19.6 Å². The molecule has 3 rings (SSSR count). The molecule has 146 valence electrons. The van der Waals surface area contributed by atoms with Crippen LogP contribution in [0.5, 0.6) is 5.75 Å². The fraction of sp³-hybridized carbons (Fsp3) is 0.238. The van der Waals surface area contributed by atoms with E-state index in [-0.39, 0.29) is 11.6 Å². The van der Waals surface area contributed by atoms with Gasteiger partial charge in [0.15, 0.2) is 17.5 Å². The molecule has 0 aliphatic heterocycles. The molecule has 1 heterocycles. The molecule has 0 saturated heterocycles. The van der Waals surface area contributed by atoms with Crippen molar-refractivity contribution < 1.29 is 9.13 Å². The average Bonchev–Trinajstić information content (AvgIpc) is 3.22. The molecule has 2 N–H and O–H groups in total. The molecule has 3 aromatic rings. The summed E-state index contributed by atoms with van der Waals surface area (Å²) in [4.78, 5) is 4.24. The maximum Gasteiger partial charge on any atom is 0.191 e. The Labute approximate surface area is 164 Å². The minimum Gasteiger partial charge on any atom is -0.494 e. The molecule has 0 aliphatic carbocycles. The van der Waals surface area contributed by atoms with E-state index in [1.54, 1.807) is 19.3 Å². The van der Waals surface area contributed by atoms with E-state index >= 15 is 0 Å². The number of benzene rings is 2. The Balaban J connectivity index is 1.58. The SMILES string of the molecule is CN=C(NCc1ccc(OC)c(F)c1)NCc1ccccc1Cn1cccn1. The lowest BCUT2D eigenvalue weighted by atomic mass is 10.1. The van der Waals surface area contributed by atoms with Crippen LogP contribution in [0.15, 0.2) is 65.9 Å². The molecule has 1 aromatic heterocycles. The summed E-state index contributed by atoms with van der Waals surface area (Å²) in [6.45, 7) is 1.78. The molecule has 0 fully saturated rings. The van der Waals surface area contributed by atoms with E-state index < -0.39 is 0 Å². The topological polar surface area (TPSA) is 63.5 Å². The zero-order valence-electron chi connectivity index (χ0n) is 16.0. The van der Waals surface area contributed by atoms with Gasteiger partial charge in [-0.3, -0.25) is 9.67 Å². The van der Waals surface area contributed by atoms with Crippen molar-refractivity contribution in [1.29, 1.82) is 0 Å². The Kier molecular flexibility index (Phi) is 6.62. The second-order valence-corrected chi connectivity index (χ2v) is 6.22. The first kappa shape index (κ1) is 19.4. The second kappa shape index (κ2) is 9.55. The van der Waals surface area contributed by atoms with Crippen LogP contribution in [0.2, 0.25) is 0 Å². The minimum atomic E-state index is -0.378. The number of hydrogen-bond acceptors (Lipinski definition) is 3. The smallest absolute Gasteiger partial charge is 0.191 e. The molecular weight excluding hydrogens is 357 g/mol. The highest BCUT2D eigenvalue weighted by Crippen LogP contribution is 2.17. The van der Waals surface area contributed by atoms with Crippen molar-refractivity contribution in [2.24, 2.45) is 4.99 Å². The molecule has 0 saturated carbocycles. The summed E-state index contributed by atoms with van der Waals surface area (Å²) in [5, 5.41) is 10.8. The zero-order chi connectivity index (χ0) is 19.8. The van der Waals surface area contributed by atoms with Gasteiger partial charge in [0.1, 0.15) is 0 Å². The summed E-state index contributed by atoms with van der Waals surface area (Å²) in [7, 11) is 3.16.